The molecule has 0 N–H and O–H groups in total. The van der Waals surface area contributed by atoms with Gasteiger partial charge in [-0.05, 0) is 18.6 Å². The van der Waals surface area contributed by atoms with Gasteiger partial charge in [0, 0.05) is 25.2 Å². The third-order valence-corrected chi connectivity index (χ3v) is 4.05. The van der Waals surface area contributed by atoms with Crippen LogP contribution >= 0.6 is 0 Å². The van der Waals surface area contributed by atoms with Gasteiger partial charge >= 0.3 is 0 Å². The highest BCUT2D eigenvalue weighted by molar-refractivity contribution is 7.82. The SMILES string of the molecule is O=[N+]([O-])c1ccc(S(=O)N2CC[C@@H](F)C2)cc1. The second-order valence-electron chi connectivity index (χ2n) is 3.77. The van der Waals surface area contributed by atoms with E-state index < -0.39 is 22.1 Å². The minimum absolute atomic E-state index is 0.0458. The molecule has 1 unspecified atom stereocenters. The van der Waals surface area contributed by atoms with Gasteiger partial charge in [-0.1, -0.05) is 0 Å². The summed E-state index contributed by atoms with van der Waals surface area (Å²) >= 11 is 0. The van der Waals surface area contributed by atoms with Crippen LogP contribution in [0, 0.1) is 10.1 Å². The molecule has 7 heteroatoms. The zero-order valence-corrected chi connectivity index (χ0v) is 9.73. The van der Waals surface area contributed by atoms with Crippen molar-refractivity contribution in [3.05, 3.63) is 34.4 Å². The first-order chi connectivity index (χ1) is 8.08. The maximum atomic E-state index is 13.0. The molecule has 0 saturated carbocycles. The van der Waals surface area contributed by atoms with Gasteiger partial charge < -0.3 is 0 Å². The van der Waals surface area contributed by atoms with Crippen molar-refractivity contribution in [2.24, 2.45) is 0 Å². The first-order valence-electron chi connectivity index (χ1n) is 5.13. The highest BCUT2D eigenvalue weighted by Crippen LogP contribution is 2.21. The number of nitro groups is 1. The molecule has 92 valence electrons. The number of benzene rings is 1. The van der Waals surface area contributed by atoms with Crippen LogP contribution in [0.5, 0.6) is 0 Å². The molecular formula is C10H11FN2O3S. The normalized spacial score (nSPS) is 22.5. The molecule has 0 bridgehead atoms. The molecule has 1 saturated heterocycles. The van der Waals surface area contributed by atoms with E-state index in [9.17, 15) is 18.7 Å². The van der Waals surface area contributed by atoms with Gasteiger partial charge in [-0.2, -0.15) is 0 Å². The molecule has 0 radical (unpaired) electrons. The maximum Gasteiger partial charge on any atom is 0.269 e. The fraction of sp³-hybridized carbons (Fsp3) is 0.400. The Hall–Kier alpha value is -1.34. The minimum Gasteiger partial charge on any atom is -0.258 e. The summed E-state index contributed by atoms with van der Waals surface area (Å²) in [6.07, 6.45) is -0.546. The van der Waals surface area contributed by atoms with E-state index in [2.05, 4.69) is 0 Å². The van der Waals surface area contributed by atoms with Gasteiger partial charge in [0.15, 0.2) is 0 Å². The Labute approximate surface area is 100.0 Å². The monoisotopic (exact) mass is 258 g/mol. The maximum absolute atomic E-state index is 13.0. The smallest absolute Gasteiger partial charge is 0.258 e. The summed E-state index contributed by atoms with van der Waals surface area (Å²) < 4.78 is 26.5. The average Bonchev–Trinajstić information content (AvgIpc) is 2.75. The molecule has 1 aliphatic rings. The molecule has 0 aliphatic carbocycles. The lowest BCUT2D eigenvalue weighted by molar-refractivity contribution is -0.384. The summed E-state index contributed by atoms with van der Waals surface area (Å²) in [5.41, 5.74) is -0.0458. The lowest BCUT2D eigenvalue weighted by atomic mass is 10.3. The number of non-ortho nitro benzene ring substituents is 1. The molecule has 1 aromatic rings. The molecule has 1 aliphatic heterocycles. The molecule has 2 atom stereocenters. The number of hydrogen-bond acceptors (Lipinski definition) is 3. The standard InChI is InChI=1S/C10H11FN2O3S/c11-8-5-6-12(7-8)17(16)10-3-1-9(2-4-10)13(14)15/h1-4,8H,5-7H2/t8-,17?/m1/s1. The second kappa shape index (κ2) is 4.89. The Morgan fingerprint density at radius 2 is 2.06 bits per heavy atom. The Bertz CT molecular complexity index is 451. The summed E-state index contributed by atoms with van der Waals surface area (Å²) in [4.78, 5) is 10.4. The molecule has 5 nitrogen and oxygen atoms in total. The number of rotatable bonds is 3. The van der Waals surface area contributed by atoms with E-state index in [0.29, 0.717) is 17.9 Å². The van der Waals surface area contributed by atoms with Crippen LogP contribution in [0.4, 0.5) is 10.1 Å². The van der Waals surface area contributed by atoms with E-state index in [4.69, 9.17) is 0 Å². The Morgan fingerprint density at radius 3 is 2.53 bits per heavy atom. The molecule has 1 aromatic carbocycles. The van der Waals surface area contributed by atoms with Crippen LogP contribution < -0.4 is 0 Å². The first kappa shape index (κ1) is 12.1. The Balaban J connectivity index is 2.12. The van der Waals surface area contributed by atoms with Crippen LogP contribution in [-0.2, 0) is 11.0 Å². The summed E-state index contributed by atoms with van der Waals surface area (Å²) in [6.45, 7) is 0.606. The average molecular weight is 258 g/mol. The summed E-state index contributed by atoms with van der Waals surface area (Å²) in [7, 11) is -1.43. The number of nitrogens with zero attached hydrogens (tertiary/aromatic N) is 2. The highest BCUT2D eigenvalue weighted by Gasteiger charge is 2.26. The zero-order valence-electron chi connectivity index (χ0n) is 8.91. The van der Waals surface area contributed by atoms with Crippen molar-refractivity contribution in [3.63, 3.8) is 0 Å². The number of nitro benzene ring substituents is 1. The fourth-order valence-electron chi connectivity index (χ4n) is 1.67. The van der Waals surface area contributed by atoms with Crippen molar-refractivity contribution in [2.75, 3.05) is 13.1 Å². The van der Waals surface area contributed by atoms with Gasteiger partial charge in [-0.15, -0.1) is 0 Å². The minimum atomic E-state index is -1.43. The van der Waals surface area contributed by atoms with Gasteiger partial charge in [0.25, 0.3) is 5.69 Å². The molecule has 0 amide bonds. The number of alkyl halides is 1. The summed E-state index contributed by atoms with van der Waals surface area (Å²) in [6, 6.07) is 5.49. The van der Waals surface area contributed by atoms with Crippen LogP contribution in [0.2, 0.25) is 0 Å². The van der Waals surface area contributed by atoms with E-state index in [1.807, 2.05) is 0 Å². The van der Waals surface area contributed by atoms with Gasteiger partial charge in [0.05, 0.1) is 9.82 Å². The van der Waals surface area contributed by atoms with E-state index >= 15 is 0 Å². The molecule has 0 spiro atoms. The van der Waals surface area contributed by atoms with E-state index in [0.717, 1.165) is 0 Å². The fourth-order valence-corrected chi connectivity index (χ4v) is 2.91. The number of hydrogen-bond donors (Lipinski definition) is 0. The van der Waals surface area contributed by atoms with Crippen LogP contribution in [-0.4, -0.2) is 32.7 Å². The van der Waals surface area contributed by atoms with Crippen molar-refractivity contribution < 1.29 is 13.5 Å². The van der Waals surface area contributed by atoms with E-state index in [-0.39, 0.29) is 12.2 Å². The molecule has 1 fully saturated rings. The third kappa shape index (κ3) is 2.67. The molecule has 1 heterocycles. The lowest BCUT2D eigenvalue weighted by Crippen LogP contribution is -2.23. The topological polar surface area (TPSA) is 63.5 Å². The van der Waals surface area contributed by atoms with Crippen molar-refractivity contribution in [3.8, 4) is 0 Å². The Kier molecular flexibility index (Phi) is 3.49. The van der Waals surface area contributed by atoms with Crippen LogP contribution in [0.3, 0.4) is 0 Å². The second-order valence-corrected chi connectivity index (χ2v) is 5.26. The van der Waals surface area contributed by atoms with Crippen LogP contribution in [0.25, 0.3) is 0 Å². The predicted octanol–water partition coefficient (Wildman–Crippen LogP) is 1.66. The molecule has 0 aromatic heterocycles. The van der Waals surface area contributed by atoms with E-state index in [1.54, 1.807) is 0 Å². The molecule has 17 heavy (non-hydrogen) atoms. The molecule has 2 rings (SSSR count). The largest absolute Gasteiger partial charge is 0.269 e. The quantitative estimate of drug-likeness (QED) is 0.612. The van der Waals surface area contributed by atoms with Crippen molar-refractivity contribution >= 4 is 16.7 Å². The van der Waals surface area contributed by atoms with Gasteiger partial charge in [-0.3, -0.25) is 10.1 Å². The van der Waals surface area contributed by atoms with Crippen molar-refractivity contribution in [2.45, 2.75) is 17.5 Å². The summed E-state index contributed by atoms with van der Waals surface area (Å²) in [5.74, 6) is 0. The highest BCUT2D eigenvalue weighted by atomic mass is 32.2. The zero-order chi connectivity index (χ0) is 12.4. The first-order valence-corrected chi connectivity index (χ1v) is 6.24. The van der Waals surface area contributed by atoms with Crippen molar-refractivity contribution in [1.29, 1.82) is 0 Å². The van der Waals surface area contributed by atoms with E-state index in [1.165, 1.54) is 28.6 Å². The van der Waals surface area contributed by atoms with Crippen LogP contribution in [0.15, 0.2) is 29.2 Å². The Morgan fingerprint density at radius 1 is 1.41 bits per heavy atom. The lowest BCUT2D eigenvalue weighted by Gasteiger charge is -2.13. The van der Waals surface area contributed by atoms with Crippen molar-refractivity contribution in [1.82, 2.24) is 4.31 Å². The third-order valence-electron chi connectivity index (χ3n) is 2.58. The molecular weight excluding hydrogens is 247 g/mol. The predicted molar refractivity (Wildman–Crippen MR) is 60.6 cm³/mol. The summed E-state index contributed by atoms with van der Waals surface area (Å²) in [5, 5.41) is 10.5. The van der Waals surface area contributed by atoms with Gasteiger partial charge in [0.1, 0.15) is 17.2 Å². The van der Waals surface area contributed by atoms with Crippen LogP contribution in [0.1, 0.15) is 6.42 Å². The van der Waals surface area contributed by atoms with Gasteiger partial charge in [-0.25, -0.2) is 12.9 Å². The van der Waals surface area contributed by atoms with Gasteiger partial charge in [0.2, 0.25) is 0 Å². The number of halogens is 1.